The molecule has 0 spiro atoms. The highest BCUT2D eigenvalue weighted by atomic mass is 32.1. The van der Waals surface area contributed by atoms with Gasteiger partial charge in [0, 0.05) is 20.1 Å². The van der Waals surface area contributed by atoms with Crippen molar-refractivity contribution in [1.29, 1.82) is 0 Å². The second-order valence-electron chi connectivity index (χ2n) is 4.05. The second kappa shape index (κ2) is 5.17. The lowest BCUT2D eigenvalue weighted by Gasteiger charge is -2.17. The van der Waals surface area contributed by atoms with Gasteiger partial charge in [-0.3, -0.25) is 15.0 Å². The van der Waals surface area contributed by atoms with Crippen molar-refractivity contribution in [2.24, 2.45) is 0 Å². The van der Waals surface area contributed by atoms with Crippen molar-refractivity contribution < 1.29 is 9.63 Å². The number of thiocarbonyl (C=S) groups is 2. The minimum atomic E-state index is -0.239. The standard InChI is InChI=1S/C10H14N4O2S2/c1-6-7(5-13(2)16-6)8(15)12-10(18)14-4-3-11-9(14)17/h3-5H2,1-2H3,(H,11,17)(H,12,15,18). The van der Waals surface area contributed by atoms with Crippen LogP contribution in [0.4, 0.5) is 0 Å². The fourth-order valence-electron chi connectivity index (χ4n) is 1.79. The molecule has 2 aliphatic heterocycles. The third-order valence-corrected chi connectivity index (χ3v) is 3.38. The summed E-state index contributed by atoms with van der Waals surface area (Å²) in [5.74, 6) is 0.358. The third kappa shape index (κ3) is 2.60. The van der Waals surface area contributed by atoms with Gasteiger partial charge >= 0.3 is 0 Å². The lowest BCUT2D eigenvalue weighted by molar-refractivity contribution is -0.116. The SMILES string of the molecule is CC1=C(C(=O)NC(=S)N2CCNC2=S)CN(C)O1. The molecule has 0 aromatic carbocycles. The highest BCUT2D eigenvalue weighted by Gasteiger charge is 2.27. The molecule has 0 aliphatic carbocycles. The van der Waals surface area contributed by atoms with Crippen molar-refractivity contribution in [2.45, 2.75) is 6.92 Å². The zero-order chi connectivity index (χ0) is 13.3. The van der Waals surface area contributed by atoms with Gasteiger partial charge in [0.2, 0.25) is 0 Å². The van der Waals surface area contributed by atoms with E-state index in [0.29, 0.717) is 34.6 Å². The fraction of sp³-hybridized carbons (Fsp3) is 0.500. The maximum atomic E-state index is 12.0. The largest absolute Gasteiger partial charge is 0.410 e. The number of rotatable bonds is 1. The van der Waals surface area contributed by atoms with Crippen molar-refractivity contribution >= 4 is 40.6 Å². The van der Waals surface area contributed by atoms with Crippen molar-refractivity contribution in [1.82, 2.24) is 20.6 Å². The van der Waals surface area contributed by atoms with Crippen LogP contribution in [0.5, 0.6) is 0 Å². The van der Waals surface area contributed by atoms with E-state index in [2.05, 4.69) is 10.6 Å². The quantitative estimate of drug-likeness (QED) is 0.644. The van der Waals surface area contributed by atoms with Gasteiger partial charge < -0.3 is 10.2 Å². The Bertz CT molecular complexity index is 449. The molecule has 0 aromatic rings. The van der Waals surface area contributed by atoms with Crippen LogP contribution in [-0.2, 0) is 9.63 Å². The summed E-state index contributed by atoms with van der Waals surface area (Å²) in [6.07, 6.45) is 0. The summed E-state index contributed by atoms with van der Waals surface area (Å²) in [5, 5.41) is 8.12. The van der Waals surface area contributed by atoms with Crippen LogP contribution in [-0.4, -0.2) is 52.8 Å². The Labute approximate surface area is 116 Å². The van der Waals surface area contributed by atoms with Crippen molar-refractivity contribution in [3.63, 3.8) is 0 Å². The maximum absolute atomic E-state index is 12.0. The minimum Gasteiger partial charge on any atom is -0.410 e. The first kappa shape index (κ1) is 13.2. The highest BCUT2D eigenvalue weighted by molar-refractivity contribution is 7.81. The second-order valence-corrected chi connectivity index (χ2v) is 4.83. The van der Waals surface area contributed by atoms with Gasteiger partial charge in [-0.15, -0.1) is 5.06 Å². The first-order valence-electron chi connectivity index (χ1n) is 5.48. The molecular weight excluding hydrogens is 272 g/mol. The van der Waals surface area contributed by atoms with E-state index in [1.54, 1.807) is 23.9 Å². The first-order chi connectivity index (χ1) is 8.49. The lowest BCUT2D eigenvalue weighted by Crippen LogP contribution is -2.44. The van der Waals surface area contributed by atoms with Gasteiger partial charge in [-0.1, -0.05) is 0 Å². The Morgan fingerprint density at radius 2 is 2.28 bits per heavy atom. The average molecular weight is 286 g/mol. The van der Waals surface area contributed by atoms with E-state index in [1.165, 1.54) is 0 Å². The van der Waals surface area contributed by atoms with Crippen LogP contribution >= 0.6 is 24.4 Å². The molecule has 1 amide bonds. The predicted molar refractivity (Wildman–Crippen MR) is 74.5 cm³/mol. The molecule has 1 saturated heterocycles. The maximum Gasteiger partial charge on any atom is 0.258 e. The van der Waals surface area contributed by atoms with Crippen LogP contribution in [0.15, 0.2) is 11.3 Å². The molecule has 98 valence electrons. The smallest absolute Gasteiger partial charge is 0.258 e. The Hall–Kier alpha value is -1.25. The molecule has 1 fully saturated rings. The summed E-state index contributed by atoms with van der Waals surface area (Å²) in [6.45, 7) is 3.61. The number of carbonyl (C=O) groups is 1. The molecule has 2 N–H and O–H groups in total. The van der Waals surface area contributed by atoms with Crippen LogP contribution < -0.4 is 10.6 Å². The van der Waals surface area contributed by atoms with E-state index in [0.717, 1.165) is 6.54 Å². The molecule has 0 atom stereocenters. The van der Waals surface area contributed by atoms with E-state index in [4.69, 9.17) is 29.3 Å². The summed E-state index contributed by atoms with van der Waals surface area (Å²) in [5.41, 5.74) is 0.581. The molecule has 0 radical (unpaired) electrons. The van der Waals surface area contributed by atoms with Crippen LogP contribution in [0.1, 0.15) is 6.92 Å². The minimum absolute atomic E-state index is 0.239. The van der Waals surface area contributed by atoms with Gasteiger partial charge in [-0.2, -0.15) is 0 Å². The zero-order valence-corrected chi connectivity index (χ0v) is 11.8. The van der Waals surface area contributed by atoms with E-state index < -0.39 is 0 Å². The number of carbonyl (C=O) groups excluding carboxylic acids is 1. The molecule has 0 aromatic heterocycles. The lowest BCUT2D eigenvalue weighted by atomic mass is 10.2. The summed E-state index contributed by atoms with van der Waals surface area (Å²) < 4.78 is 0. The van der Waals surface area contributed by atoms with Crippen molar-refractivity contribution in [3.8, 4) is 0 Å². The molecule has 2 aliphatic rings. The molecular formula is C10H14N4O2S2. The number of hydroxylamine groups is 2. The fourth-order valence-corrected chi connectivity index (χ4v) is 2.41. The number of allylic oxidation sites excluding steroid dienone is 1. The predicted octanol–water partition coefficient (Wildman–Crippen LogP) is -0.271. The number of nitrogens with one attached hydrogen (secondary N) is 2. The molecule has 18 heavy (non-hydrogen) atoms. The normalized spacial score (nSPS) is 19.9. The van der Waals surface area contributed by atoms with E-state index >= 15 is 0 Å². The van der Waals surface area contributed by atoms with Gasteiger partial charge in [0.15, 0.2) is 10.2 Å². The monoisotopic (exact) mass is 286 g/mol. The number of amides is 1. The van der Waals surface area contributed by atoms with E-state index in [1.807, 2.05) is 0 Å². The van der Waals surface area contributed by atoms with E-state index in [-0.39, 0.29) is 5.91 Å². The third-order valence-electron chi connectivity index (χ3n) is 2.70. The molecule has 8 heteroatoms. The molecule has 6 nitrogen and oxygen atoms in total. The Morgan fingerprint density at radius 3 is 2.78 bits per heavy atom. The van der Waals surface area contributed by atoms with Gasteiger partial charge in [-0.25, -0.2) is 0 Å². The average Bonchev–Trinajstić information content (AvgIpc) is 2.84. The first-order valence-corrected chi connectivity index (χ1v) is 6.30. The van der Waals surface area contributed by atoms with Crippen LogP contribution in [0.3, 0.4) is 0 Å². The van der Waals surface area contributed by atoms with Crippen LogP contribution in [0.2, 0.25) is 0 Å². The number of hydrogen-bond acceptors (Lipinski definition) is 5. The van der Waals surface area contributed by atoms with Gasteiger partial charge in [0.25, 0.3) is 5.91 Å². The van der Waals surface area contributed by atoms with E-state index in [9.17, 15) is 4.79 Å². The summed E-state index contributed by atoms with van der Waals surface area (Å²) >= 11 is 10.2. The molecule has 0 unspecified atom stereocenters. The molecule has 2 rings (SSSR count). The Balaban J connectivity index is 1.98. The number of nitrogens with zero attached hydrogens (tertiary/aromatic N) is 2. The number of hydrogen-bond donors (Lipinski definition) is 2. The van der Waals surface area contributed by atoms with Crippen molar-refractivity contribution in [2.75, 3.05) is 26.7 Å². The van der Waals surface area contributed by atoms with Crippen LogP contribution in [0.25, 0.3) is 0 Å². The molecule has 0 bridgehead atoms. The summed E-state index contributed by atoms with van der Waals surface area (Å²) in [7, 11) is 1.77. The molecule has 0 saturated carbocycles. The number of likely N-dealkylation sites (N-methyl/N-ethyl adjacent to an activating group) is 1. The van der Waals surface area contributed by atoms with Gasteiger partial charge in [0.05, 0.1) is 12.1 Å². The molecule has 2 heterocycles. The summed E-state index contributed by atoms with van der Waals surface area (Å²) in [6, 6.07) is 0. The van der Waals surface area contributed by atoms with Gasteiger partial charge in [-0.05, 0) is 31.4 Å². The highest BCUT2D eigenvalue weighted by Crippen LogP contribution is 2.16. The Morgan fingerprint density at radius 1 is 1.56 bits per heavy atom. The van der Waals surface area contributed by atoms with Crippen LogP contribution in [0, 0.1) is 0 Å². The zero-order valence-electron chi connectivity index (χ0n) is 10.1. The Kier molecular flexibility index (Phi) is 3.79. The van der Waals surface area contributed by atoms with Gasteiger partial charge in [0.1, 0.15) is 5.76 Å². The van der Waals surface area contributed by atoms with Crippen molar-refractivity contribution in [3.05, 3.63) is 11.3 Å². The topological polar surface area (TPSA) is 56.8 Å². The summed E-state index contributed by atoms with van der Waals surface area (Å²) in [4.78, 5) is 19.0.